The van der Waals surface area contributed by atoms with Crippen LogP contribution in [-0.4, -0.2) is 46.2 Å². The summed E-state index contributed by atoms with van der Waals surface area (Å²) in [6.07, 6.45) is 3.26. The molecule has 1 N–H and O–H groups in total. The summed E-state index contributed by atoms with van der Waals surface area (Å²) in [7, 11) is 1.62. The predicted molar refractivity (Wildman–Crippen MR) is 124 cm³/mol. The number of carbonyl (C=O) groups is 1. The number of thiophene rings is 1. The van der Waals surface area contributed by atoms with Gasteiger partial charge in [-0.25, -0.2) is 0 Å². The van der Waals surface area contributed by atoms with E-state index in [1.54, 1.807) is 18.4 Å². The molecule has 3 heterocycles. The molecule has 1 saturated heterocycles. The number of amides is 1. The molecule has 2 aromatic heterocycles. The van der Waals surface area contributed by atoms with Crippen LogP contribution in [0.3, 0.4) is 0 Å². The Bertz CT molecular complexity index is 1010. The number of benzene rings is 1. The van der Waals surface area contributed by atoms with Gasteiger partial charge in [-0.2, -0.15) is 0 Å². The second-order valence-electron chi connectivity index (χ2n) is 7.27. The van der Waals surface area contributed by atoms with Crippen molar-refractivity contribution in [2.75, 3.05) is 24.8 Å². The summed E-state index contributed by atoms with van der Waals surface area (Å²) in [5, 5.41) is 14.6. The van der Waals surface area contributed by atoms with Gasteiger partial charge < -0.3 is 14.8 Å². The van der Waals surface area contributed by atoms with Crippen molar-refractivity contribution in [2.45, 2.75) is 44.0 Å². The van der Waals surface area contributed by atoms with Crippen LogP contribution in [0.25, 0.3) is 11.4 Å². The zero-order valence-corrected chi connectivity index (χ0v) is 19.3. The highest BCUT2D eigenvalue weighted by Crippen LogP contribution is 2.29. The highest BCUT2D eigenvalue weighted by molar-refractivity contribution is 7.99. The minimum atomic E-state index is -0.0906. The number of aryl methyl sites for hydroxylation is 1. The third-order valence-electron chi connectivity index (χ3n) is 5.09. The molecule has 0 spiro atoms. The molecule has 1 atom stereocenters. The molecule has 1 fully saturated rings. The summed E-state index contributed by atoms with van der Waals surface area (Å²) in [5.74, 6) is 1.75. The summed E-state index contributed by atoms with van der Waals surface area (Å²) >= 11 is 3.13. The zero-order valence-electron chi connectivity index (χ0n) is 17.7. The first-order valence-electron chi connectivity index (χ1n) is 10.4. The van der Waals surface area contributed by atoms with E-state index < -0.39 is 0 Å². The number of anilines is 1. The van der Waals surface area contributed by atoms with Crippen LogP contribution in [0, 0.1) is 0 Å². The molecule has 0 radical (unpaired) electrons. The zero-order chi connectivity index (χ0) is 21.6. The largest absolute Gasteiger partial charge is 0.497 e. The first-order valence-corrected chi connectivity index (χ1v) is 12.2. The molecule has 1 amide bonds. The van der Waals surface area contributed by atoms with Gasteiger partial charge >= 0.3 is 0 Å². The van der Waals surface area contributed by atoms with E-state index >= 15 is 0 Å². The maximum Gasteiger partial charge on any atom is 0.234 e. The number of rotatable bonds is 9. The molecule has 0 aliphatic carbocycles. The van der Waals surface area contributed by atoms with E-state index in [-0.39, 0.29) is 17.8 Å². The fourth-order valence-electron chi connectivity index (χ4n) is 3.45. The second-order valence-corrected chi connectivity index (χ2v) is 9.21. The number of nitrogens with zero attached hydrogens (tertiary/aromatic N) is 3. The first kappa shape index (κ1) is 21.9. The third-order valence-corrected chi connectivity index (χ3v) is 7.14. The average Bonchev–Trinajstić information content (AvgIpc) is 3.54. The average molecular weight is 459 g/mol. The van der Waals surface area contributed by atoms with Crippen molar-refractivity contribution >= 4 is 34.7 Å². The van der Waals surface area contributed by atoms with E-state index in [0.29, 0.717) is 6.54 Å². The van der Waals surface area contributed by atoms with E-state index in [2.05, 4.69) is 38.5 Å². The van der Waals surface area contributed by atoms with Crippen LogP contribution in [0.1, 0.15) is 24.6 Å². The quantitative estimate of drug-likeness (QED) is 0.476. The van der Waals surface area contributed by atoms with Crippen LogP contribution in [0.15, 0.2) is 40.9 Å². The maximum absolute atomic E-state index is 12.5. The Morgan fingerprint density at radius 3 is 2.87 bits per heavy atom. The maximum atomic E-state index is 12.5. The van der Waals surface area contributed by atoms with Gasteiger partial charge in [0, 0.05) is 28.1 Å². The minimum Gasteiger partial charge on any atom is -0.497 e. The van der Waals surface area contributed by atoms with Crippen molar-refractivity contribution in [2.24, 2.45) is 0 Å². The normalized spacial score (nSPS) is 15.9. The summed E-state index contributed by atoms with van der Waals surface area (Å²) in [5.41, 5.74) is 1.81. The lowest BCUT2D eigenvalue weighted by atomic mass is 10.2. The fraction of sp³-hybridized carbons (Fsp3) is 0.409. The summed E-state index contributed by atoms with van der Waals surface area (Å²) in [6.45, 7) is 3.64. The number of carbonyl (C=O) groups excluding carboxylic acids is 1. The van der Waals surface area contributed by atoms with Gasteiger partial charge in [0.15, 0.2) is 11.0 Å². The predicted octanol–water partition coefficient (Wildman–Crippen LogP) is 4.49. The minimum absolute atomic E-state index is 0.0906. The molecular weight excluding hydrogens is 432 g/mol. The van der Waals surface area contributed by atoms with Crippen molar-refractivity contribution < 1.29 is 14.3 Å². The molecule has 3 aromatic rings. The number of aromatic nitrogens is 3. The number of nitrogens with one attached hydrogen (secondary N) is 1. The number of thioether (sulfide) groups is 1. The molecule has 1 unspecified atom stereocenters. The van der Waals surface area contributed by atoms with Gasteiger partial charge in [-0.15, -0.1) is 21.5 Å². The molecule has 0 saturated carbocycles. The van der Waals surface area contributed by atoms with Gasteiger partial charge in [0.1, 0.15) is 5.75 Å². The lowest BCUT2D eigenvalue weighted by Gasteiger charge is -2.14. The van der Waals surface area contributed by atoms with Crippen molar-refractivity contribution in [3.8, 4) is 17.1 Å². The molecule has 1 aliphatic rings. The smallest absolute Gasteiger partial charge is 0.234 e. The topological polar surface area (TPSA) is 78.3 Å². The summed E-state index contributed by atoms with van der Waals surface area (Å²) in [4.78, 5) is 13.8. The first-order chi connectivity index (χ1) is 15.2. The van der Waals surface area contributed by atoms with Crippen molar-refractivity contribution in [1.82, 2.24) is 14.8 Å². The molecule has 7 nitrogen and oxygen atoms in total. The third kappa shape index (κ3) is 5.47. The van der Waals surface area contributed by atoms with Gasteiger partial charge in [0.2, 0.25) is 5.91 Å². The molecule has 1 aliphatic heterocycles. The Hall–Kier alpha value is -2.36. The van der Waals surface area contributed by atoms with Crippen LogP contribution < -0.4 is 10.1 Å². The fourth-order valence-corrected chi connectivity index (χ4v) is 5.01. The van der Waals surface area contributed by atoms with E-state index in [0.717, 1.165) is 53.9 Å². The number of ether oxygens (including phenoxy) is 2. The Kier molecular flexibility index (Phi) is 7.26. The monoisotopic (exact) mass is 458 g/mol. The molecule has 9 heteroatoms. The number of hydrogen-bond acceptors (Lipinski definition) is 7. The number of methoxy groups -OCH3 is 1. The van der Waals surface area contributed by atoms with Gasteiger partial charge in [0.05, 0.1) is 25.5 Å². The van der Waals surface area contributed by atoms with Crippen LogP contribution >= 0.6 is 23.1 Å². The van der Waals surface area contributed by atoms with E-state index in [1.165, 1.54) is 16.6 Å². The van der Waals surface area contributed by atoms with Crippen LogP contribution in [0.4, 0.5) is 5.69 Å². The lowest BCUT2D eigenvalue weighted by Crippen LogP contribution is -2.18. The molecule has 0 bridgehead atoms. The van der Waals surface area contributed by atoms with E-state index in [1.807, 2.05) is 24.3 Å². The van der Waals surface area contributed by atoms with Crippen LogP contribution in [-0.2, 0) is 22.5 Å². The Morgan fingerprint density at radius 1 is 1.35 bits per heavy atom. The van der Waals surface area contributed by atoms with Gasteiger partial charge in [-0.05, 0) is 49.6 Å². The summed E-state index contributed by atoms with van der Waals surface area (Å²) < 4.78 is 13.1. The Morgan fingerprint density at radius 2 is 2.19 bits per heavy atom. The number of hydrogen-bond donors (Lipinski definition) is 1. The highest BCUT2D eigenvalue weighted by Gasteiger charge is 2.22. The van der Waals surface area contributed by atoms with Crippen molar-refractivity contribution in [3.63, 3.8) is 0 Å². The SMILES string of the molecule is CCc1cc(-c2nnc(SCC(=O)Nc3ccc(OC)cc3)n2CC2CCCO2)cs1. The van der Waals surface area contributed by atoms with Crippen LogP contribution in [0.2, 0.25) is 0 Å². The van der Waals surface area contributed by atoms with E-state index in [9.17, 15) is 4.79 Å². The van der Waals surface area contributed by atoms with Crippen LogP contribution in [0.5, 0.6) is 5.75 Å². The van der Waals surface area contributed by atoms with Gasteiger partial charge in [0.25, 0.3) is 0 Å². The van der Waals surface area contributed by atoms with Gasteiger partial charge in [-0.3, -0.25) is 9.36 Å². The molecular formula is C22H26N4O3S2. The summed E-state index contributed by atoms with van der Waals surface area (Å²) in [6, 6.07) is 9.45. The molecule has 31 heavy (non-hydrogen) atoms. The van der Waals surface area contributed by atoms with E-state index in [4.69, 9.17) is 9.47 Å². The highest BCUT2D eigenvalue weighted by atomic mass is 32.2. The second kappa shape index (κ2) is 10.3. The molecule has 4 rings (SSSR count). The van der Waals surface area contributed by atoms with Gasteiger partial charge in [-0.1, -0.05) is 18.7 Å². The molecule has 164 valence electrons. The lowest BCUT2D eigenvalue weighted by molar-refractivity contribution is -0.113. The standard InChI is InChI=1S/C22H26N4O3S2/c1-3-19-11-15(13-30-19)21-24-25-22(26(21)12-18-5-4-10-29-18)31-14-20(27)23-16-6-8-17(28-2)9-7-16/h6-9,11,13,18H,3-5,10,12,14H2,1-2H3,(H,23,27). The Labute approximate surface area is 190 Å². The van der Waals surface area contributed by atoms with Crippen molar-refractivity contribution in [3.05, 3.63) is 40.6 Å². The Balaban J connectivity index is 1.46. The van der Waals surface area contributed by atoms with Crippen molar-refractivity contribution in [1.29, 1.82) is 0 Å². The molecule has 1 aromatic carbocycles.